The highest BCUT2D eigenvalue weighted by Gasteiger charge is 2.24. The molecule has 6 heteroatoms. The van der Waals surface area contributed by atoms with Crippen molar-refractivity contribution in [3.05, 3.63) is 24.3 Å². The van der Waals surface area contributed by atoms with Crippen molar-refractivity contribution in [2.75, 3.05) is 17.2 Å². The second-order valence-corrected chi connectivity index (χ2v) is 8.98. The molecular weight excluding hydrogens is 292 g/mol. The summed E-state index contributed by atoms with van der Waals surface area (Å²) in [6, 6.07) is 7.34. The van der Waals surface area contributed by atoms with E-state index in [-0.39, 0.29) is 17.2 Å². The summed E-state index contributed by atoms with van der Waals surface area (Å²) in [5, 5.41) is 0. The Morgan fingerprint density at radius 2 is 1.80 bits per heavy atom. The number of nitrogen functional groups attached to an aromatic ring is 1. The van der Waals surface area contributed by atoms with Crippen LogP contribution < -0.4 is 10.5 Å². The maximum absolute atomic E-state index is 12.0. The first kappa shape index (κ1) is 17.3. The van der Waals surface area contributed by atoms with Gasteiger partial charge < -0.3 is 5.73 Å². The fourth-order valence-electron chi connectivity index (χ4n) is 1.34. The van der Waals surface area contributed by atoms with Crippen LogP contribution in [0.25, 0.3) is 0 Å². The van der Waals surface area contributed by atoms with E-state index in [1.54, 1.807) is 0 Å². The molecule has 114 valence electrons. The van der Waals surface area contributed by atoms with Gasteiger partial charge in [0.1, 0.15) is 0 Å². The van der Waals surface area contributed by atoms with Gasteiger partial charge in [-0.1, -0.05) is 20.8 Å². The lowest BCUT2D eigenvalue weighted by molar-refractivity contribution is 0.318. The van der Waals surface area contributed by atoms with E-state index in [0.717, 1.165) is 4.90 Å². The molecule has 0 saturated heterocycles. The molecule has 1 aromatic carbocycles. The van der Waals surface area contributed by atoms with E-state index >= 15 is 0 Å². The van der Waals surface area contributed by atoms with Gasteiger partial charge in [-0.25, -0.2) is 13.1 Å². The van der Waals surface area contributed by atoms with Gasteiger partial charge in [-0.05, 0) is 36.6 Å². The number of sulfonamides is 1. The first-order chi connectivity index (χ1) is 9.10. The smallest absolute Gasteiger partial charge is 0.212 e. The fraction of sp³-hybridized carbons (Fsp3) is 0.571. The van der Waals surface area contributed by atoms with Gasteiger partial charge in [0.15, 0.2) is 0 Å². The molecule has 4 nitrogen and oxygen atoms in total. The van der Waals surface area contributed by atoms with Gasteiger partial charge >= 0.3 is 0 Å². The summed E-state index contributed by atoms with van der Waals surface area (Å²) in [4.78, 5) is 1.03. The second-order valence-electron chi connectivity index (χ2n) is 5.94. The van der Waals surface area contributed by atoms with Crippen LogP contribution in [0.1, 0.15) is 27.7 Å². The number of hydrogen-bond acceptors (Lipinski definition) is 4. The molecule has 20 heavy (non-hydrogen) atoms. The Balaban J connectivity index is 2.46. The first-order valence-electron chi connectivity index (χ1n) is 6.58. The van der Waals surface area contributed by atoms with Crippen molar-refractivity contribution in [2.45, 2.75) is 38.6 Å². The minimum absolute atomic E-state index is 0.0861. The van der Waals surface area contributed by atoms with Crippen molar-refractivity contribution in [1.82, 2.24) is 4.72 Å². The Hall–Kier alpha value is -0.720. The van der Waals surface area contributed by atoms with Crippen LogP contribution in [0.2, 0.25) is 0 Å². The Kier molecular flexibility index (Phi) is 5.91. The summed E-state index contributed by atoms with van der Waals surface area (Å²) in [5.41, 5.74) is 6.23. The summed E-state index contributed by atoms with van der Waals surface area (Å²) in [7, 11) is -3.24. The molecule has 1 aromatic rings. The van der Waals surface area contributed by atoms with E-state index < -0.39 is 10.0 Å². The molecule has 0 fully saturated rings. The number of nitrogens with two attached hydrogens (primary N) is 1. The molecule has 1 atom stereocenters. The summed E-state index contributed by atoms with van der Waals surface area (Å²) in [6.07, 6.45) is 0. The maximum Gasteiger partial charge on any atom is 0.212 e. The summed E-state index contributed by atoms with van der Waals surface area (Å²) < 4.78 is 26.7. The molecule has 0 aliphatic heterocycles. The summed E-state index contributed by atoms with van der Waals surface area (Å²) in [6.45, 7) is 7.95. The molecular formula is C14H24N2O2S2. The normalized spacial score (nSPS) is 14.2. The topological polar surface area (TPSA) is 72.2 Å². The minimum Gasteiger partial charge on any atom is -0.399 e. The number of benzene rings is 1. The second kappa shape index (κ2) is 6.83. The predicted molar refractivity (Wildman–Crippen MR) is 87.4 cm³/mol. The van der Waals surface area contributed by atoms with E-state index in [4.69, 9.17) is 5.73 Å². The van der Waals surface area contributed by atoms with E-state index in [2.05, 4.69) is 4.72 Å². The number of nitrogens with one attached hydrogen (secondary N) is 1. The lowest BCUT2D eigenvalue weighted by Crippen LogP contribution is -2.42. The van der Waals surface area contributed by atoms with Gasteiger partial charge in [0.25, 0.3) is 0 Å². The molecule has 0 aliphatic rings. The zero-order valence-electron chi connectivity index (χ0n) is 12.5. The third-order valence-electron chi connectivity index (χ3n) is 3.16. The van der Waals surface area contributed by atoms with Crippen LogP contribution in [0.15, 0.2) is 29.2 Å². The SMILES string of the molecule is CC(NS(=O)(=O)CCSc1ccc(N)cc1)C(C)(C)C. The van der Waals surface area contributed by atoms with Crippen LogP contribution in [0.4, 0.5) is 5.69 Å². The van der Waals surface area contributed by atoms with Gasteiger partial charge in [-0.2, -0.15) is 0 Å². The van der Waals surface area contributed by atoms with Crippen molar-refractivity contribution >= 4 is 27.5 Å². The van der Waals surface area contributed by atoms with E-state index in [1.165, 1.54) is 11.8 Å². The van der Waals surface area contributed by atoms with Gasteiger partial charge in [0, 0.05) is 22.4 Å². The quantitative estimate of drug-likeness (QED) is 0.625. The van der Waals surface area contributed by atoms with Crippen molar-refractivity contribution in [2.24, 2.45) is 5.41 Å². The Morgan fingerprint density at radius 1 is 1.25 bits per heavy atom. The van der Waals surface area contributed by atoms with Crippen LogP contribution in [0, 0.1) is 5.41 Å². The third kappa shape index (κ3) is 6.15. The van der Waals surface area contributed by atoms with E-state index in [1.807, 2.05) is 52.0 Å². The van der Waals surface area contributed by atoms with Crippen LogP contribution in [-0.4, -0.2) is 26.0 Å². The number of rotatable bonds is 6. The average Bonchev–Trinajstić information content (AvgIpc) is 2.29. The molecule has 0 saturated carbocycles. The summed E-state index contributed by atoms with van der Waals surface area (Å²) >= 11 is 1.52. The molecule has 0 aromatic heterocycles. The highest BCUT2D eigenvalue weighted by Crippen LogP contribution is 2.21. The molecule has 0 amide bonds. The highest BCUT2D eigenvalue weighted by molar-refractivity contribution is 8.00. The van der Waals surface area contributed by atoms with Crippen molar-refractivity contribution in [3.8, 4) is 0 Å². The first-order valence-corrected chi connectivity index (χ1v) is 9.22. The maximum atomic E-state index is 12.0. The molecule has 0 aliphatic carbocycles. The Morgan fingerprint density at radius 3 is 2.30 bits per heavy atom. The highest BCUT2D eigenvalue weighted by atomic mass is 32.2. The number of anilines is 1. The van der Waals surface area contributed by atoms with Crippen molar-refractivity contribution in [3.63, 3.8) is 0 Å². The van der Waals surface area contributed by atoms with Crippen LogP contribution in [0.5, 0.6) is 0 Å². The van der Waals surface area contributed by atoms with E-state index in [9.17, 15) is 8.42 Å². The minimum atomic E-state index is -3.24. The van der Waals surface area contributed by atoms with Gasteiger partial charge in [-0.15, -0.1) is 11.8 Å². The fourth-order valence-corrected chi connectivity index (χ4v) is 4.12. The standard InChI is InChI=1S/C14H24N2O2S2/c1-11(14(2,3)4)16-20(17,18)10-9-19-13-7-5-12(15)6-8-13/h5-8,11,16H,9-10,15H2,1-4H3. The van der Waals surface area contributed by atoms with Crippen molar-refractivity contribution in [1.29, 1.82) is 0 Å². The zero-order valence-corrected chi connectivity index (χ0v) is 14.1. The molecule has 3 N–H and O–H groups in total. The lowest BCUT2D eigenvalue weighted by atomic mass is 9.89. The molecule has 1 rings (SSSR count). The predicted octanol–water partition coefficient (Wildman–Crippen LogP) is 2.71. The monoisotopic (exact) mass is 316 g/mol. The van der Waals surface area contributed by atoms with Gasteiger partial charge in [-0.3, -0.25) is 0 Å². The molecule has 0 bridgehead atoms. The molecule has 0 spiro atoms. The summed E-state index contributed by atoms with van der Waals surface area (Å²) in [5.74, 6) is 0.637. The molecule has 1 unspecified atom stereocenters. The van der Waals surface area contributed by atoms with Crippen LogP contribution in [-0.2, 0) is 10.0 Å². The Bertz CT molecular complexity index is 519. The number of thioether (sulfide) groups is 1. The van der Waals surface area contributed by atoms with Crippen molar-refractivity contribution < 1.29 is 8.42 Å². The zero-order chi connectivity index (χ0) is 15.4. The van der Waals surface area contributed by atoms with Gasteiger partial charge in [0.05, 0.1) is 5.75 Å². The largest absolute Gasteiger partial charge is 0.399 e. The lowest BCUT2D eigenvalue weighted by Gasteiger charge is -2.27. The number of hydrogen-bond donors (Lipinski definition) is 2. The average molecular weight is 316 g/mol. The van der Waals surface area contributed by atoms with Gasteiger partial charge in [0.2, 0.25) is 10.0 Å². The molecule has 0 radical (unpaired) electrons. The molecule has 0 heterocycles. The third-order valence-corrected chi connectivity index (χ3v) is 5.88. The van der Waals surface area contributed by atoms with Crippen LogP contribution in [0.3, 0.4) is 0 Å². The Labute approximate surface area is 126 Å². The van der Waals surface area contributed by atoms with Crippen LogP contribution >= 0.6 is 11.8 Å². The van der Waals surface area contributed by atoms with E-state index in [0.29, 0.717) is 11.4 Å².